The van der Waals surface area contributed by atoms with Crippen molar-refractivity contribution in [2.75, 3.05) is 0 Å². The lowest BCUT2D eigenvalue weighted by Gasteiger charge is -2.09. The average molecular weight is 495 g/mol. The second-order valence-electron chi connectivity index (χ2n) is 8.68. The third-order valence-electron chi connectivity index (χ3n) is 6.18. The number of hydrogen-bond donors (Lipinski definition) is 0. The molecule has 0 unspecified atom stereocenters. The molecule has 0 fully saturated rings. The first kappa shape index (κ1) is 22.4. The van der Waals surface area contributed by atoms with Crippen molar-refractivity contribution in [3.8, 4) is 11.4 Å². The van der Waals surface area contributed by atoms with Gasteiger partial charge in [-0.2, -0.15) is 0 Å². The van der Waals surface area contributed by atoms with Gasteiger partial charge in [-0.15, -0.1) is 11.3 Å². The van der Waals surface area contributed by atoms with Crippen LogP contribution in [0.1, 0.15) is 22.0 Å². The second kappa shape index (κ2) is 9.51. The van der Waals surface area contributed by atoms with Gasteiger partial charge < -0.3 is 4.74 Å². The fraction of sp³-hybridized carbons (Fsp3) is 0.138. The van der Waals surface area contributed by atoms with Crippen LogP contribution in [0.3, 0.4) is 0 Å². The molecule has 0 aliphatic heterocycles. The first-order valence-electron chi connectivity index (χ1n) is 11.8. The molecule has 36 heavy (non-hydrogen) atoms. The molecule has 0 saturated carbocycles. The molecule has 0 aliphatic rings. The maximum Gasteiger partial charge on any atom is 0.140 e. The van der Waals surface area contributed by atoms with Gasteiger partial charge in [0.15, 0.2) is 0 Å². The summed E-state index contributed by atoms with van der Waals surface area (Å²) in [5.41, 5.74) is 6.22. The largest absolute Gasteiger partial charge is 0.486 e. The van der Waals surface area contributed by atoms with E-state index in [-0.39, 0.29) is 5.82 Å². The maximum atomic E-state index is 13.4. The standard InChI is InChI=1S/C29H23FN4OS/c1-19-32-26-17-31-14-13-27(26)34(19)23-10-7-20(8-11-23)5-6-21-3-2-4-24(15-21)35-18-29-33-25-16-22(30)9-12-28(25)36-29/h2-4,7-17H,5-6,18H2,1H3. The highest BCUT2D eigenvalue weighted by Gasteiger charge is 2.10. The Hall–Kier alpha value is -4.10. The first-order valence-corrected chi connectivity index (χ1v) is 12.6. The molecular formula is C29H23FN4OS. The van der Waals surface area contributed by atoms with Gasteiger partial charge in [0.25, 0.3) is 0 Å². The Kier molecular flexibility index (Phi) is 5.91. The van der Waals surface area contributed by atoms with Crippen LogP contribution in [0.4, 0.5) is 4.39 Å². The van der Waals surface area contributed by atoms with E-state index in [9.17, 15) is 4.39 Å². The summed E-state index contributed by atoms with van der Waals surface area (Å²) in [5, 5.41) is 0.832. The van der Waals surface area contributed by atoms with E-state index in [2.05, 4.69) is 55.9 Å². The van der Waals surface area contributed by atoms with Crippen LogP contribution in [-0.2, 0) is 19.4 Å². The molecule has 3 heterocycles. The molecule has 3 aromatic carbocycles. The zero-order chi connectivity index (χ0) is 24.5. The van der Waals surface area contributed by atoms with E-state index < -0.39 is 0 Å². The number of aromatic nitrogens is 4. The third kappa shape index (κ3) is 4.57. The van der Waals surface area contributed by atoms with Gasteiger partial charge in [-0.25, -0.2) is 14.4 Å². The quantitative estimate of drug-likeness (QED) is 0.244. The van der Waals surface area contributed by atoms with Gasteiger partial charge in [0.2, 0.25) is 0 Å². The average Bonchev–Trinajstić information content (AvgIpc) is 3.46. The molecule has 3 aromatic heterocycles. The fourth-order valence-corrected chi connectivity index (χ4v) is 5.29. The molecule has 0 radical (unpaired) electrons. The van der Waals surface area contributed by atoms with E-state index in [1.807, 2.05) is 25.1 Å². The van der Waals surface area contributed by atoms with Gasteiger partial charge >= 0.3 is 0 Å². The molecule has 0 bridgehead atoms. The topological polar surface area (TPSA) is 52.8 Å². The summed E-state index contributed by atoms with van der Waals surface area (Å²) in [6.45, 7) is 2.38. The number of benzene rings is 3. The van der Waals surface area contributed by atoms with Crippen molar-refractivity contribution in [1.82, 2.24) is 19.5 Å². The Morgan fingerprint density at radius 3 is 2.64 bits per heavy atom. The van der Waals surface area contributed by atoms with Gasteiger partial charge in [0.05, 0.1) is 21.9 Å². The Bertz CT molecular complexity index is 1670. The lowest BCUT2D eigenvalue weighted by atomic mass is 10.0. The van der Waals surface area contributed by atoms with Gasteiger partial charge in [-0.1, -0.05) is 24.3 Å². The number of aryl methyl sites for hydroxylation is 3. The maximum absolute atomic E-state index is 13.4. The SMILES string of the molecule is Cc1nc2cnccc2n1-c1ccc(CCc2cccc(OCc3nc4cc(F)ccc4s3)c2)cc1. The van der Waals surface area contributed by atoms with Crippen LogP contribution in [-0.4, -0.2) is 19.5 Å². The van der Waals surface area contributed by atoms with Crippen molar-refractivity contribution in [2.45, 2.75) is 26.4 Å². The normalized spacial score (nSPS) is 11.4. The summed E-state index contributed by atoms with van der Waals surface area (Å²) in [6.07, 6.45) is 5.44. The van der Waals surface area contributed by atoms with Crippen LogP contribution in [0.5, 0.6) is 5.75 Å². The van der Waals surface area contributed by atoms with Crippen molar-refractivity contribution in [2.24, 2.45) is 0 Å². The van der Waals surface area contributed by atoms with Crippen LogP contribution in [0.2, 0.25) is 0 Å². The van der Waals surface area contributed by atoms with Crippen LogP contribution in [0.15, 0.2) is 85.2 Å². The van der Waals surface area contributed by atoms with Crippen molar-refractivity contribution in [3.05, 3.63) is 113 Å². The molecule has 0 atom stereocenters. The Morgan fingerprint density at radius 2 is 1.75 bits per heavy atom. The summed E-state index contributed by atoms with van der Waals surface area (Å²) >= 11 is 1.53. The minimum Gasteiger partial charge on any atom is -0.486 e. The second-order valence-corrected chi connectivity index (χ2v) is 9.80. The number of halogens is 1. The van der Waals surface area contributed by atoms with Crippen LogP contribution in [0.25, 0.3) is 26.9 Å². The van der Waals surface area contributed by atoms with Gasteiger partial charge in [0, 0.05) is 18.0 Å². The Labute approximate surface area is 211 Å². The van der Waals surface area contributed by atoms with Crippen LogP contribution in [0, 0.1) is 12.7 Å². The third-order valence-corrected chi connectivity index (χ3v) is 7.19. The highest BCUT2D eigenvalue weighted by Crippen LogP contribution is 2.25. The highest BCUT2D eigenvalue weighted by atomic mass is 32.1. The summed E-state index contributed by atoms with van der Waals surface area (Å²) in [6, 6.07) is 23.5. The van der Waals surface area contributed by atoms with Crippen molar-refractivity contribution in [1.29, 1.82) is 0 Å². The molecule has 0 aliphatic carbocycles. The predicted molar refractivity (Wildman–Crippen MR) is 141 cm³/mol. The number of thiazole rings is 1. The van der Waals surface area contributed by atoms with E-state index >= 15 is 0 Å². The number of hydrogen-bond acceptors (Lipinski definition) is 5. The van der Waals surface area contributed by atoms with Gasteiger partial charge in [-0.3, -0.25) is 9.55 Å². The Balaban J connectivity index is 1.10. The molecule has 0 N–H and O–H groups in total. The number of nitrogens with zero attached hydrogens (tertiary/aromatic N) is 4. The predicted octanol–water partition coefficient (Wildman–Crippen LogP) is 6.84. The number of ether oxygens (including phenoxy) is 1. The molecule has 178 valence electrons. The van der Waals surface area contributed by atoms with Crippen LogP contribution < -0.4 is 4.74 Å². The smallest absolute Gasteiger partial charge is 0.140 e. The minimum absolute atomic E-state index is 0.273. The van der Waals surface area contributed by atoms with Crippen molar-refractivity contribution < 1.29 is 9.13 Å². The molecule has 0 saturated heterocycles. The van der Waals surface area contributed by atoms with E-state index in [0.717, 1.165) is 50.8 Å². The molecule has 7 heteroatoms. The summed E-state index contributed by atoms with van der Waals surface area (Å²) < 4.78 is 22.5. The van der Waals surface area contributed by atoms with Gasteiger partial charge in [-0.05, 0) is 73.4 Å². The molecule has 0 spiro atoms. The lowest BCUT2D eigenvalue weighted by molar-refractivity contribution is 0.305. The lowest BCUT2D eigenvalue weighted by Crippen LogP contribution is -1.98. The summed E-state index contributed by atoms with van der Waals surface area (Å²) in [5.74, 6) is 1.48. The van der Waals surface area contributed by atoms with Crippen molar-refractivity contribution >= 4 is 32.6 Å². The van der Waals surface area contributed by atoms with E-state index in [4.69, 9.17) is 4.74 Å². The zero-order valence-electron chi connectivity index (χ0n) is 19.7. The highest BCUT2D eigenvalue weighted by molar-refractivity contribution is 7.18. The van der Waals surface area contributed by atoms with Gasteiger partial charge in [0.1, 0.15) is 34.5 Å². The number of pyridine rings is 1. The molecule has 6 aromatic rings. The minimum atomic E-state index is -0.273. The van der Waals surface area contributed by atoms with E-state index in [0.29, 0.717) is 12.1 Å². The zero-order valence-corrected chi connectivity index (χ0v) is 20.5. The fourth-order valence-electron chi connectivity index (χ4n) is 4.42. The molecule has 6 rings (SSSR count). The number of imidazole rings is 1. The Morgan fingerprint density at radius 1 is 0.889 bits per heavy atom. The molecule has 5 nitrogen and oxygen atoms in total. The number of fused-ring (bicyclic) bond motifs is 2. The molecular weight excluding hydrogens is 471 g/mol. The summed E-state index contributed by atoms with van der Waals surface area (Å²) in [7, 11) is 0. The van der Waals surface area contributed by atoms with Crippen molar-refractivity contribution in [3.63, 3.8) is 0 Å². The summed E-state index contributed by atoms with van der Waals surface area (Å²) in [4.78, 5) is 13.3. The molecule has 0 amide bonds. The van der Waals surface area contributed by atoms with Crippen LogP contribution >= 0.6 is 11.3 Å². The number of rotatable bonds is 7. The van der Waals surface area contributed by atoms with E-state index in [1.165, 1.54) is 34.6 Å². The monoisotopic (exact) mass is 494 g/mol. The first-order chi connectivity index (χ1) is 17.6. The van der Waals surface area contributed by atoms with E-state index in [1.54, 1.807) is 18.5 Å².